The smallest absolute Gasteiger partial charge is 0.262 e. The van der Waals surface area contributed by atoms with Crippen LogP contribution in [0.5, 0.6) is 0 Å². The van der Waals surface area contributed by atoms with E-state index in [1.54, 1.807) is 4.90 Å². The number of anilines is 1. The number of amides is 2. The lowest BCUT2D eigenvalue weighted by molar-refractivity contribution is -0.123. The molecule has 1 aromatic carbocycles. The standard InChI is InChI=1S/C16H19F2N3O2.ClH/c17-16(18)8-13(20-10-16)15(23)19-9-11-3-1-4-12(7-11)21-6-2-5-14(21)22;/h1,3-4,7,13,20H,2,5-6,8-10H2,(H,19,23);1H. The van der Waals surface area contributed by atoms with E-state index in [-0.39, 0.29) is 24.9 Å². The molecule has 1 unspecified atom stereocenters. The molecule has 0 aromatic heterocycles. The Bertz CT molecular complexity index is 627. The number of nitrogens with one attached hydrogen (secondary N) is 2. The second-order valence-corrected chi connectivity index (χ2v) is 6.03. The first-order valence-electron chi connectivity index (χ1n) is 7.73. The van der Waals surface area contributed by atoms with Crippen molar-refractivity contribution < 1.29 is 18.4 Å². The maximum Gasteiger partial charge on any atom is 0.262 e. The summed E-state index contributed by atoms with van der Waals surface area (Å²) in [5, 5.41) is 5.20. The molecule has 0 bridgehead atoms. The van der Waals surface area contributed by atoms with Gasteiger partial charge in [-0.1, -0.05) is 12.1 Å². The van der Waals surface area contributed by atoms with Crippen LogP contribution in [0.2, 0.25) is 0 Å². The average Bonchev–Trinajstić information content (AvgIpc) is 3.10. The van der Waals surface area contributed by atoms with Gasteiger partial charge in [-0.2, -0.15) is 0 Å². The van der Waals surface area contributed by atoms with Gasteiger partial charge in [0.1, 0.15) is 0 Å². The predicted octanol–water partition coefficient (Wildman–Crippen LogP) is 1.85. The lowest BCUT2D eigenvalue weighted by Crippen LogP contribution is -2.40. The second kappa shape index (κ2) is 7.44. The molecule has 2 aliphatic rings. The fraction of sp³-hybridized carbons (Fsp3) is 0.500. The monoisotopic (exact) mass is 359 g/mol. The van der Waals surface area contributed by atoms with Crippen molar-refractivity contribution in [2.45, 2.75) is 37.8 Å². The first-order chi connectivity index (χ1) is 10.9. The van der Waals surface area contributed by atoms with E-state index < -0.39 is 30.8 Å². The van der Waals surface area contributed by atoms with E-state index in [1.807, 2.05) is 24.3 Å². The van der Waals surface area contributed by atoms with Crippen molar-refractivity contribution in [3.8, 4) is 0 Å². The third kappa shape index (κ3) is 4.21. The molecule has 3 rings (SSSR count). The zero-order valence-electron chi connectivity index (χ0n) is 13.1. The summed E-state index contributed by atoms with van der Waals surface area (Å²) in [6.45, 7) is 0.492. The van der Waals surface area contributed by atoms with E-state index in [0.717, 1.165) is 17.7 Å². The number of alkyl halides is 2. The van der Waals surface area contributed by atoms with E-state index in [2.05, 4.69) is 10.6 Å². The zero-order valence-corrected chi connectivity index (χ0v) is 13.9. The van der Waals surface area contributed by atoms with Crippen LogP contribution in [0.25, 0.3) is 0 Å². The van der Waals surface area contributed by atoms with Crippen LogP contribution >= 0.6 is 12.4 Å². The first kappa shape index (κ1) is 18.6. The highest BCUT2D eigenvalue weighted by atomic mass is 35.5. The van der Waals surface area contributed by atoms with Gasteiger partial charge in [0, 0.05) is 31.6 Å². The molecule has 0 saturated carbocycles. The van der Waals surface area contributed by atoms with Gasteiger partial charge >= 0.3 is 0 Å². The molecule has 0 radical (unpaired) electrons. The molecule has 2 amide bonds. The Hall–Kier alpha value is -1.73. The van der Waals surface area contributed by atoms with Crippen LogP contribution in [-0.4, -0.2) is 36.9 Å². The molecule has 1 aromatic rings. The Morgan fingerprint density at radius 3 is 2.83 bits per heavy atom. The van der Waals surface area contributed by atoms with Gasteiger partial charge in [0.2, 0.25) is 11.8 Å². The number of halogens is 3. The van der Waals surface area contributed by atoms with Crippen molar-refractivity contribution in [1.82, 2.24) is 10.6 Å². The van der Waals surface area contributed by atoms with Crippen LogP contribution in [0.4, 0.5) is 14.5 Å². The highest BCUT2D eigenvalue weighted by Crippen LogP contribution is 2.25. The molecule has 0 aliphatic carbocycles. The van der Waals surface area contributed by atoms with Gasteiger partial charge in [-0.05, 0) is 24.1 Å². The Labute approximate surface area is 145 Å². The highest BCUT2D eigenvalue weighted by molar-refractivity contribution is 5.95. The summed E-state index contributed by atoms with van der Waals surface area (Å²) in [7, 11) is 0. The SMILES string of the molecule is Cl.O=C(NCc1cccc(N2CCCC2=O)c1)C1CC(F)(F)CN1. The lowest BCUT2D eigenvalue weighted by Gasteiger charge is -2.17. The minimum atomic E-state index is -2.82. The summed E-state index contributed by atoms with van der Waals surface area (Å²) >= 11 is 0. The molecule has 2 aliphatic heterocycles. The van der Waals surface area contributed by atoms with E-state index in [9.17, 15) is 18.4 Å². The minimum Gasteiger partial charge on any atom is -0.351 e. The largest absolute Gasteiger partial charge is 0.351 e. The van der Waals surface area contributed by atoms with Gasteiger partial charge in [0.15, 0.2) is 0 Å². The van der Waals surface area contributed by atoms with Crippen LogP contribution in [0.3, 0.4) is 0 Å². The van der Waals surface area contributed by atoms with Crippen LogP contribution in [0.15, 0.2) is 24.3 Å². The molecule has 132 valence electrons. The summed E-state index contributed by atoms with van der Waals surface area (Å²) in [6.07, 6.45) is 0.936. The Kier molecular flexibility index (Phi) is 5.77. The number of carbonyl (C=O) groups excluding carboxylic acids is 2. The topological polar surface area (TPSA) is 61.4 Å². The number of carbonyl (C=O) groups is 2. The molecule has 0 spiro atoms. The summed E-state index contributed by atoms with van der Waals surface area (Å²) < 4.78 is 26.2. The second-order valence-electron chi connectivity index (χ2n) is 6.03. The van der Waals surface area contributed by atoms with Crippen molar-refractivity contribution in [3.63, 3.8) is 0 Å². The summed E-state index contributed by atoms with van der Waals surface area (Å²) in [4.78, 5) is 25.4. The van der Waals surface area contributed by atoms with Crippen LogP contribution in [0.1, 0.15) is 24.8 Å². The predicted molar refractivity (Wildman–Crippen MR) is 88.5 cm³/mol. The summed E-state index contributed by atoms with van der Waals surface area (Å²) in [6, 6.07) is 6.51. The maximum atomic E-state index is 13.1. The first-order valence-corrected chi connectivity index (χ1v) is 7.73. The van der Waals surface area contributed by atoms with Gasteiger partial charge in [0.25, 0.3) is 5.92 Å². The van der Waals surface area contributed by atoms with Crippen LogP contribution < -0.4 is 15.5 Å². The third-order valence-electron chi connectivity index (χ3n) is 4.19. The number of benzene rings is 1. The quantitative estimate of drug-likeness (QED) is 0.862. The molecular weight excluding hydrogens is 340 g/mol. The number of nitrogens with zero attached hydrogens (tertiary/aromatic N) is 1. The molecule has 24 heavy (non-hydrogen) atoms. The third-order valence-corrected chi connectivity index (χ3v) is 4.19. The number of hydrogen-bond acceptors (Lipinski definition) is 3. The Morgan fingerprint density at radius 1 is 1.42 bits per heavy atom. The molecular formula is C16H20ClF2N3O2. The fourth-order valence-electron chi connectivity index (χ4n) is 2.97. The van der Waals surface area contributed by atoms with Crippen molar-refractivity contribution in [2.75, 3.05) is 18.0 Å². The van der Waals surface area contributed by atoms with Gasteiger partial charge in [-0.3, -0.25) is 14.9 Å². The van der Waals surface area contributed by atoms with E-state index in [4.69, 9.17) is 0 Å². The average molecular weight is 360 g/mol. The van der Waals surface area contributed by atoms with E-state index in [0.29, 0.717) is 13.0 Å². The highest BCUT2D eigenvalue weighted by Gasteiger charge is 2.42. The van der Waals surface area contributed by atoms with Gasteiger partial charge in [-0.15, -0.1) is 12.4 Å². The Balaban J connectivity index is 0.00000208. The normalized spacial score (nSPS) is 22.3. The number of rotatable bonds is 4. The minimum absolute atomic E-state index is 0. The van der Waals surface area contributed by atoms with Gasteiger partial charge in [0.05, 0.1) is 12.6 Å². The van der Waals surface area contributed by atoms with E-state index in [1.165, 1.54) is 0 Å². The van der Waals surface area contributed by atoms with Gasteiger partial charge in [-0.25, -0.2) is 8.78 Å². The van der Waals surface area contributed by atoms with Crippen LogP contribution in [-0.2, 0) is 16.1 Å². The molecule has 1 atom stereocenters. The lowest BCUT2D eigenvalue weighted by atomic mass is 10.1. The summed E-state index contributed by atoms with van der Waals surface area (Å²) in [5.74, 6) is -3.15. The molecule has 2 N–H and O–H groups in total. The fourth-order valence-corrected chi connectivity index (χ4v) is 2.97. The van der Waals surface area contributed by atoms with Crippen molar-refractivity contribution in [1.29, 1.82) is 0 Å². The Morgan fingerprint density at radius 2 is 2.21 bits per heavy atom. The summed E-state index contributed by atoms with van der Waals surface area (Å²) in [5.41, 5.74) is 1.64. The van der Waals surface area contributed by atoms with Crippen molar-refractivity contribution >= 4 is 29.9 Å². The zero-order chi connectivity index (χ0) is 16.4. The molecule has 5 nitrogen and oxygen atoms in total. The van der Waals surface area contributed by atoms with Crippen molar-refractivity contribution in [3.05, 3.63) is 29.8 Å². The van der Waals surface area contributed by atoms with E-state index >= 15 is 0 Å². The van der Waals surface area contributed by atoms with Gasteiger partial charge < -0.3 is 10.2 Å². The van der Waals surface area contributed by atoms with Crippen LogP contribution in [0, 0.1) is 0 Å². The molecule has 2 fully saturated rings. The molecule has 8 heteroatoms. The molecule has 2 heterocycles. The number of hydrogen-bond donors (Lipinski definition) is 2. The maximum absolute atomic E-state index is 13.1. The van der Waals surface area contributed by atoms with Crippen molar-refractivity contribution in [2.24, 2.45) is 0 Å². The molecule has 2 saturated heterocycles.